The SMILES string of the molecule is CCC(C)CCCCCC/C=C\C(=O)C(C)(C)C. The molecule has 106 valence electrons. The molecule has 0 aliphatic carbocycles. The predicted molar refractivity (Wildman–Crippen MR) is 80.8 cm³/mol. The molecule has 1 nitrogen and oxygen atoms in total. The molecule has 0 fully saturated rings. The van der Waals surface area contributed by atoms with Gasteiger partial charge in [-0.1, -0.05) is 72.8 Å². The van der Waals surface area contributed by atoms with Gasteiger partial charge >= 0.3 is 0 Å². The van der Waals surface area contributed by atoms with E-state index in [-0.39, 0.29) is 11.2 Å². The van der Waals surface area contributed by atoms with Crippen LogP contribution >= 0.6 is 0 Å². The third kappa shape index (κ3) is 9.44. The lowest BCUT2D eigenvalue weighted by atomic mass is 9.90. The molecule has 18 heavy (non-hydrogen) atoms. The number of carbonyl (C=O) groups is 1. The van der Waals surface area contributed by atoms with Gasteiger partial charge in [0.25, 0.3) is 0 Å². The van der Waals surface area contributed by atoms with Crippen molar-refractivity contribution in [3.8, 4) is 0 Å². The van der Waals surface area contributed by atoms with E-state index in [1.165, 1.54) is 38.5 Å². The second-order valence-corrected chi connectivity index (χ2v) is 6.52. The molecule has 0 aromatic rings. The minimum Gasteiger partial charge on any atom is -0.294 e. The minimum atomic E-state index is -0.229. The average molecular weight is 252 g/mol. The van der Waals surface area contributed by atoms with E-state index in [1.807, 2.05) is 26.8 Å². The highest BCUT2D eigenvalue weighted by molar-refractivity contribution is 5.93. The summed E-state index contributed by atoms with van der Waals surface area (Å²) < 4.78 is 0. The van der Waals surface area contributed by atoms with Crippen molar-refractivity contribution in [2.45, 2.75) is 79.6 Å². The molecule has 0 saturated carbocycles. The monoisotopic (exact) mass is 252 g/mol. The van der Waals surface area contributed by atoms with E-state index in [4.69, 9.17) is 0 Å². The van der Waals surface area contributed by atoms with E-state index in [9.17, 15) is 4.79 Å². The number of ketones is 1. The fourth-order valence-corrected chi connectivity index (χ4v) is 1.75. The zero-order valence-corrected chi connectivity index (χ0v) is 13.1. The van der Waals surface area contributed by atoms with Crippen LogP contribution in [-0.2, 0) is 4.79 Å². The Hall–Kier alpha value is -0.590. The van der Waals surface area contributed by atoms with E-state index in [1.54, 1.807) is 6.08 Å². The maximum atomic E-state index is 11.6. The number of hydrogen-bond acceptors (Lipinski definition) is 1. The molecular formula is C17H32O. The number of hydrogen-bond donors (Lipinski definition) is 0. The van der Waals surface area contributed by atoms with E-state index in [0.29, 0.717) is 0 Å². The summed E-state index contributed by atoms with van der Waals surface area (Å²) in [5.74, 6) is 1.12. The van der Waals surface area contributed by atoms with Crippen LogP contribution in [0.3, 0.4) is 0 Å². The lowest BCUT2D eigenvalue weighted by Gasteiger charge is -2.12. The Balaban J connectivity index is 3.46. The highest BCUT2D eigenvalue weighted by Crippen LogP contribution is 2.16. The Morgan fingerprint density at radius 2 is 1.72 bits per heavy atom. The summed E-state index contributed by atoms with van der Waals surface area (Å²) in [4.78, 5) is 11.6. The lowest BCUT2D eigenvalue weighted by Crippen LogP contribution is -2.17. The van der Waals surface area contributed by atoms with E-state index in [0.717, 1.165) is 12.3 Å². The summed E-state index contributed by atoms with van der Waals surface area (Å²) in [6, 6.07) is 0. The van der Waals surface area contributed by atoms with Crippen LogP contribution in [0.2, 0.25) is 0 Å². The summed E-state index contributed by atoms with van der Waals surface area (Å²) in [6.45, 7) is 10.5. The minimum absolute atomic E-state index is 0.229. The van der Waals surface area contributed by atoms with Crippen molar-refractivity contribution >= 4 is 5.78 Å². The Labute approximate surface area is 114 Å². The van der Waals surface area contributed by atoms with Gasteiger partial charge < -0.3 is 0 Å². The van der Waals surface area contributed by atoms with Crippen molar-refractivity contribution in [2.75, 3.05) is 0 Å². The topological polar surface area (TPSA) is 17.1 Å². The molecule has 0 saturated heterocycles. The van der Waals surface area contributed by atoms with Crippen molar-refractivity contribution in [3.63, 3.8) is 0 Å². The molecule has 0 radical (unpaired) electrons. The van der Waals surface area contributed by atoms with Gasteiger partial charge in [0.1, 0.15) is 0 Å². The summed E-state index contributed by atoms with van der Waals surface area (Å²) in [7, 11) is 0. The van der Waals surface area contributed by atoms with Crippen LogP contribution in [0.15, 0.2) is 12.2 Å². The van der Waals surface area contributed by atoms with Gasteiger partial charge in [-0.05, 0) is 24.8 Å². The molecule has 0 aromatic carbocycles. The molecule has 0 aliphatic heterocycles. The predicted octanol–water partition coefficient (Wildman–Crippen LogP) is 5.54. The fraction of sp³-hybridized carbons (Fsp3) is 0.824. The molecule has 0 amide bonds. The third-order valence-corrected chi connectivity index (χ3v) is 3.52. The summed E-state index contributed by atoms with van der Waals surface area (Å²) in [5, 5.41) is 0. The molecule has 0 bridgehead atoms. The maximum Gasteiger partial charge on any atom is 0.160 e. The van der Waals surface area contributed by atoms with E-state index >= 15 is 0 Å². The smallest absolute Gasteiger partial charge is 0.160 e. The van der Waals surface area contributed by atoms with Crippen molar-refractivity contribution in [1.82, 2.24) is 0 Å². The average Bonchev–Trinajstić information content (AvgIpc) is 2.30. The van der Waals surface area contributed by atoms with Crippen LogP contribution in [0.25, 0.3) is 0 Å². The number of allylic oxidation sites excluding steroid dienone is 2. The fourth-order valence-electron chi connectivity index (χ4n) is 1.75. The van der Waals surface area contributed by atoms with Crippen LogP contribution < -0.4 is 0 Å². The Morgan fingerprint density at radius 3 is 2.28 bits per heavy atom. The standard InChI is InChI=1S/C17H32O/c1-6-15(2)13-11-9-7-8-10-12-14-16(18)17(3,4)5/h12,14-15H,6-11,13H2,1-5H3/b14-12-. The molecule has 0 aliphatic rings. The number of carbonyl (C=O) groups excluding carboxylic acids is 1. The highest BCUT2D eigenvalue weighted by Gasteiger charge is 2.17. The van der Waals surface area contributed by atoms with Gasteiger partial charge in [-0.3, -0.25) is 4.79 Å². The van der Waals surface area contributed by atoms with E-state index in [2.05, 4.69) is 13.8 Å². The van der Waals surface area contributed by atoms with Crippen LogP contribution in [0, 0.1) is 11.3 Å². The molecule has 1 unspecified atom stereocenters. The molecule has 0 rings (SSSR count). The largest absolute Gasteiger partial charge is 0.294 e. The molecular weight excluding hydrogens is 220 g/mol. The normalized spacial score (nSPS) is 14.1. The van der Waals surface area contributed by atoms with Crippen molar-refractivity contribution in [2.24, 2.45) is 11.3 Å². The van der Waals surface area contributed by atoms with Gasteiger partial charge in [0.2, 0.25) is 0 Å². The van der Waals surface area contributed by atoms with Crippen LogP contribution in [-0.4, -0.2) is 5.78 Å². The third-order valence-electron chi connectivity index (χ3n) is 3.52. The molecule has 0 N–H and O–H groups in total. The summed E-state index contributed by atoms with van der Waals surface area (Å²) >= 11 is 0. The summed E-state index contributed by atoms with van der Waals surface area (Å²) in [6.07, 6.45) is 12.7. The Kier molecular flexibility index (Phi) is 9.05. The molecule has 0 aromatic heterocycles. The maximum absolute atomic E-state index is 11.6. The van der Waals surface area contributed by atoms with Crippen LogP contribution in [0.5, 0.6) is 0 Å². The molecule has 0 heterocycles. The molecule has 1 atom stereocenters. The van der Waals surface area contributed by atoms with Gasteiger partial charge in [0.15, 0.2) is 5.78 Å². The van der Waals surface area contributed by atoms with Gasteiger partial charge in [0.05, 0.1) is 0 Å². The second kappa shape index (κ2) is 9.35. The first-order chi connectivity index (χ1) is 8.38. The van der Waals surface area contributed by atoms with Gasteiger partial charge in [-0.25, -0.2) is 0 Å². The number of unbranched alkanes of at least 4 members (excludes halogenated alkanes) is 4. The highest BCUT2D eigenvalue weighted by atomic mass is 16.1. The quantitative estimate of drug-likeness (QED) is 0.388. The first-order valence-electron chi connectivity index (χ1n) is 7.59. The first-order valence-corrected chi connectivity index (χ1v) is 7.59. The summed E-state index contributed by atoms with van der Waals surface area (Å²) in [5.41, 5.74) is -0.229. The van der Waals surface area contributed by atoms with Crippen LogP contribution in [0.4, 0.5) is 0 Å². The zero-order valence-electron chi connectivity index (χ0n) is 13.1. The van der Waals surface area contributed by atoms with Gasteiger partial charge in [-0.15, -0.1) is 0 Å². The van der Waals surface area contributed by atoms with E-state index < -0.39 is 0 Å². The van der Waals surface area contributed by atoms with Crippen molar-refractivity contribution in [1.29, 1.82) is 0 Å². The molecule has 0 spiro atoms. The van der Waals surface area contributed by atoms with Crippen molar-refractivity contribution in [3.05, 3.63) is 12.2 Å². The first kappa shape index (κ1) is 17.4. The van der Waals surface area contributed by atoms with Gasteiger partial charge in [-0.2, -0.15) is 0 Å². The Bertz CT molecular complexity index is 245. The number of rotatable bonds is 9. The molecule has 1 heteroatoms. The zero-order chi connectivity index (χ0) is 14.0. The lowest BCUT2D eigenvalue weighted by molar-refractivity contribution is -0.121. The van der Waals surface area contributed by atoms with Gasteiger partial charge in [0, 0.05) is 5.41 Å². The Morgan fingerprint density at radius 1 is 1.11 bits per heavy atom. The van der Waals surface area contributed by atoms with Crippen molar-refractivity contribution < 1.29 is 4.79 Å². The van der Waals surface area contributed by atoms with Crippen LogP contribution in [0.1, 0.15) is 79.6 Å². The second-order valence-electron chi connectivity index (χ2n) is 6.52.